The zero-order chi connectivity index (χ0) is 19.1. The van der Waals surface area contributed by atoms with Gasteiger partial charge in [0.2, 0.25) is 11.9 Å². The second kappa shape index (κ2) is 9.64. The van der Waals surface area contributed by atoms with Gasteiger partial charge in [0, 0.05) is 19.6 Å². The first-order chi connectivity index (χ1) is 13.2. The summed E-state index contributed by atoms with van der Waals surface area (Å²) in [6.07, 6.45) is 4.48. The van der Waals surface area contributed by atoms with Crippen molar-refractivity contribution in [3.8, 4) is 11.4 Å². The van der Waals surface area contributed by atoms with Gasteiger partial charge in [0.15, 0.2) is 5.16 Å². The first-order valence-corrected chi connectivity index (χ1v) is 10.5. The molecule has 8 heteroatoms. The van der Waals surface area contributed by atoms with E-state index >= 15 is 0 Å². The second-order valence-corrected chi connectivity index (χ2v) is 7.42. The molecule has 0 unspecified atom stereocenters. The SMILES string of the molecule is CCCNC(=O)CSc1nnc(N2CCCCC2)n1-c1ccccc1OC. The second-order valence-electron chi connectivity index (χ2n) is 6.48. The molecule has 0 bridgehead atoms. The fraction of sp³-hybridized carbons (Fsp3) is 0.526. The lowest BCUT2D eigenvalue weighted by atomic mass is 10.1. The fourth-order valence-corrected chi connectivity index (χ4v) is 3.90. The van der Waals surface area contributed by atoms with Crippen LogP contribution in [0, 0.1) is 0 Å². The van der Waals surface area contributed by atoms with Gasteiger partial charge >= 0.3 is 0 Å². The van der Waals surface area contributed by atoms with Gasteiger partial charge in [-0.15, -0.1) is 10.2 Å². The first kappa shape index (κ1) is 19.5. The third-order valence-electron chi connectivity index (χ3n) is 4.49. The molecule has 1 aliphatic heterocycles. The maximum Gasteiger partial charge on any atom is 0.232 e. The largest absolute Gasteiger partial charge is 0.495 e. The molecule has 7 nitrogen and oxygen atoms in total. The minimum absolute atomic E-state index is 0.0101. The maximum absolute atomic E-state index is 12.0. The Labute approximate surface area is 164 Å². The number of methoxy groups -OCH3 is 1. The Kier molecular flexibility index (Phi) is 6.98. The number of anilines is 1. The van der Waals surface area contributed by atoms with Crippen LogP contribution in [0.15, 0.2) is 29.4 Å². The number of piperidine rings is 1. The molecule has 0 aliphatic carbocycles. The van der Waals surface area contributed by atoms with Gasteiger partial charge in [-0.2, -0.15) is 0 Å². The third-order valence-corrected chi connectivity index (χ3v) is 5.41. The van der Waals surface area contributed by atoms with Crippen LogP contribution in [0.25, 0.3) is 5.69 Å². The van der Waals surface area contributed by atoms with E-state index in [-0.39, 0.29) is 5.91 Å². The van der Waals surface area contributed by atoms with Gasteiger partial charge < -0.3 is 15.0 Å². The van der Waals surface area contributed by atoms with Crippen LogP contribution in [0.1, 0.15) is 32.6 Å². The van der Waals surface area contributed by atoms with E-state index in [1.807, 2.05) is 35.8 Å². The van der Waals surface area contributed by atoms with E-state index in [0.717, 1.165) is 49.7 Å². The number of nitrogens with zero attached hydrogens (tertiary/aromatic N) is 4. The third kappa shape index (κ3) is 4.74. The molecule has 0 atom stereocenters. The van der Waals surface area contributed by atoms with Crippen molar-refractivity contribution in [1.82, 2.24) is 20.1 Å². The Morgan fingerprint density at radius 2 is 2.00 bits per heavy atom. The smallest absolute Gasteiger partial charge is 0.232 e. The number of hydrogen-bond donors (Lipinski definition) is 1. The molecule has 1 amide bonds. The summed E-state index contributed by atoms with van der Waals surface area (Å²) in [6.45, 7) is 4.66. The van der Waals surface area contributed by atoms with Crippen molar-refractivity contribution in [2.24, 2.45) is 0 Å². The Hall–Kier alpha value is -2.22. The minimum Gasteiger partial charge on any atom is -0.495 e. The van der Waals surface area contributed by atoms with E-state index in [4.69, 9.17) is 4.74 Å². The predicted octanol–water partition coefficient (Wildman–Crippen LogP) is 2.88. The molecule has 1 saturated heterocycles. The molecular formula is C19H27N5O2S. The van der Waals surface area contributed by atoms with Crippen molar-refractivity contribution in [2.45, 2.75) is 37.8 Å². The predicted molar refractivity (Wildman–Crippen MR) is 108 cm³/mol. The van der Waals surface area contributed by atoms with Gasteiger partial charge in [0.25, 0.3) is 0 Å². The lowest BCUT2D eigenvalue weighted by Crippen LogP contribution is -2.31. The molecule has 1 N–H and O–H groups in total. The molecule has 2 heterocycles. The fourth-order valence-electron chi connectivity index (χ4n) is 3.13. The number of carbonyl (C=O) groups is 1. The summed E-state index contributed by atoms with van der Waals surface area (Å²) in [6, 6.07) is 7.84. The van der Waals surface area contributed by atoms with Crippen LogP contribution in [-0.4, -0.2) is 53.2 Å². The average molecular weight is 390 g/mol. The van der Waals surface area contributed by atoms with E-state index in [0.29, 0.717) is 17.5 Å². The number of amides is 1. The monoisotopic (exact) mass is 389 g/mol. The highest BCUT2D eigenvalue weighted by molar-refractivity contribution is 7.99. The molecule has 27 heavy (non-hydrogen) atoms. The molecule has 0 radical (unpaired) electrons. The Bertz CT molecular complexity index is 758. The van der Waals surface area contributed by atoms with Crippen LogP contribution in [-0.2, 0) is 4.79 Å². The number of benzene rings is 1. The number of ether oxygens (including phenoxy) is 1. The number of hydrogen-bond acceptors (Lipinski definition) is 6. The Balaban J connectivity index is 1.91. The van der Waals surface area contributed by atoms with Gasteiger partial charge in [0.05, 0.1) is 18.6 Å². The van der Waals surface area contributed by atoms with Gasteiger partial charge in [-0.05, 0) is 37.8 Å². The van der Waals surface area contributed by atoms with Crippen molar-refractivity contribution in [3.05, 3.63) is 24.3 Å². The van der Waals surface area contributed by atoms with E-state index in [1.165, 1.54) is 18.2 Å². The zero-order valence-electron chi connectivity index (χ0n) is 16.0. The average Bonchev–Trinajstić information content (AvgIpc) is 3.15. The number of rotatable bonds is 8. The number of nitrogens with one attached hydrogen (secondary N) is 1. The van der Waals surface area contributed by atoms with Crippen molar-refractivity contribution >= 4 is 23.6 Å². The summed E-state index contributed by atoms with van der Waals surface area (Å²) in [4.78, 5) is 14.3. The number of aromatic nitrogens is 3. The quantitative estimate of drug-likeness (QED) is 0.700. The van der Waals surface area contributed by atoms with Crippen LogP contribution in [0.2, 0.25) is 0 Å². The summed E-state index contributed by atoms with van der Waals surface area (Å²) < 4.78 is 7.58. The minimum atomic E-state index is 0.0101. The number of thioether (sulfide) groups is 1. The summed E-state index contributed by atoms with van der Waals surface area (Å²) in [7, 11) is 1.66. The summed E-state index contributed by atoms with van der Waals surface area (Å²) in [5.41, 5.74) is 0.891. The summed E-state index contributed by atoms with van der Waals surface area (Å²) in [5, 5.41) is 12.5. The highest BCUT2D eigenvalue weighted by Crippen LogP contribution is 2.32. The van der Waals surface area contributed by atoms with Gasteiger partial charge in [-0.25, -0.2) is 0 Å². The molecular weight excluding hydrogens is 362 g/mol. The molecule has 0 spiro atoms. The van der Waals surface area contributed by atoms with Crippen molar-refractivity contribution in [2.75, 3.05) is 37.4 Å². The topological polar surface area (TPSA) is 72.3 Å². The first-order valence-electron chi connectivity index (χ1n) is 9.47. The lowest BCUT2D eigenvalue weighted by Gasteiger charge is -2.28. The van der Waals surface area contributed by atoms with Gasteiger partial charge in [-0.1, -0.05) is 30.8 Å². The maximum atomic E-state index is 12.0. The van der Waals surface area contributed by atoms with Gasteiger partial charge in [0.1, 0.15) is 5.75 Å². The highest BCUT2D eigenvalue weighted by atomic mass is 32.2. The van der Waals surface area contributed by atoms with Crippen molar-refractivity contribution < 1.29 is 9.53 Å². The number of para-hydroxylation sites is 2. The van der Waals surface area contributed by atoms with E-state index in [9.17, 15) is 4.79 Å². The summed E-state index contributed by atoms with van der Waals surface area (Å²) in [5.74, 6) is 1.90. The summed E-state index contributed by atoms with van der Waals surface area (Å²) >= 11 is 1.40. The van der Waals surface area contributed by atoms with Crippen LogP contribution < -0.4 is 15.0 Å². The molecule has 1 aromatic heterocycles. The van der Waals surface area contributed by atoms with Crippen molar-refractivity contribution in [1.29, 1.82) is 0 Å². The normalized spacial score (nSPS) is 14.2. The van der Waals surface area contributed by atoms with E-state index in [2.05, 4.69) is 20.4 Å². The molecule has 2 aromatic rings. The lowest BCUT2D eigenvalue weighted by molar-refractivity contribution is -0.118. The molecule has 1 aliphatic rings. The Morgan fingerprint density at radius 3 is 2.74 bits per heavy atom. The highest BCUT2D eigenvalue weighted by Gasteiger charge is 2.23. The molecule has 146 valence electrons. The Morgan fingerprint density at radius 1 is 1.22 bits per heavy atom. The van der Waals surface area contributed by atoms with Crippen LogP contribution in [0.3, 0.4) is 0 Å². The van der Waals surface area contributed by atoms with E-state index in [1.54, 1.807) is 7.11 Å². The van der Waals surface area contributed by atoms with Crippen LogP contribution >= 0.6 is 11.8 Å². The molecule has 0 saturated carbocycles. The standard InChI is InChI=1S/C19H27N5O2S/c1-3-11-20-17(25)14-27-19-22-21-18(23-12-7-4-8-13-23)24(19)15-9-5-6-10-16(15)26-2/h5-6,9-10H,3-4,7-8,11-14H2,1-2H3,(H,20,25). The van der Waals surface area contributed by atoms with Crippen LogP contribution in [0.5, 0.6) is 5.75 Å². The zero-order valence-corrected chi connectivity index (χ0v) is 16.8. The van der Waals surface area contributed by atoms with Gasteiger partial charge in [-0.3, -0.25) is 9.36 Å². The van der Waals surface area contributed by atoms with Crippen LogP contribution in [0.4, 0.5) is 5.95 Å². The molecule has 3 rings (SSSR count). The van der Waals surface area contributed by atoms with E-state index < -0.39 is 0 Å². The van der Waals surface area contributed by atoms with Crippen molar-refractivity contribution in [3.63, 3.8) is 0 Å². The molecule has 1 aromatic carbocycles. The number of carbonyl (C=O) groups excluding carboxylic acids is 1. The molecule has 1 fully saturated rings.